The van der Waals surface area contributed by atoms with E-state index in [0.29, 0.717) is 16.8 Å². The molecule has 0 spiro atoms. The van der Waals surface area contributed by atoms with Crippen LogP contribution in [0.1, 0.15) is 33.3 Å². The van der Waals surface area contributed by atoms with Crippen LogP contribution in [0, 0.1) is 13.8 Å². The van der Waals surface area contributed by atoms with E-state index >= 15 is 0 Å². The SMILES string of the molecule is Cc1nc2ccccc2c(C)c1C(=O)O[C@H](C(N)=O)c1ccccc1. The zero-order valence-electron chi connectivity index (χ0n) is 14.0. The summed E-state index contributed by atoms with van der Waals surface area (Å²) in [6.07, 6.45) is -1.14. The van der Waals surface area contributed by atoms with Gasteiger partial charge in [0.1, 0.15) is 0 Å². The van der Waals surface area contributed by atoms with Gasteiger partial charge in [-0.25, -0.2) is 4.79 Å². The third kappa shape index (κ3) is 3.21. The lowest BCUT2D eigenvalue weighted by Gasteiger charge is -2.17. The first-order valence-electron chi connectivity index (χ1n) is 7.90. The number of hydrogen-bond acceptors (Lipinski definition) is 4. The summed E-state index contributed by atoms with van der Waals surface area (Å²) in [5.41, 5.74) is 8.46. The van der Waals surface area contributed by atoms with Gasteiger partial charge in [-0.15, -0.1) is 0 Å². The Morgan fingerprint density at radius 1 is 1.00 bits per heavy atom. The molecule has 1 heterocycles. The van der Waals surface area contributed by atoms with Gasteiger partial charge in [-0.1, -0.05) is 48.5 Å². The second-order valence-corrected chi connectivity index (χ2v) is 5.81. The van der Waals surface area contributed by atoms with Crippen molar-refractivity contribution in [3.8, 4) is 0 Å². The van der Waals surface area contributed by atoms with Crippen LogP contribution < -0.4 is 5.73 Å². The first-order chi connectivity index (χ1) is 12.0. The smallest absolute Gasteiger partial charge is 0.341 e. The number of carbonyl (C=O) groups excluding carboxylic acids is 2. The molecule has 0 aliphatic heterocycles. The summed E-state index contributed by atoms with van der Waals surface area (Å²) in [6, 6.07) is 16.3. The molecular formula is C20H18N2O3. The molecule has 3 aromatic rings. The summed E-state index contributed by atoms with van der Waals surface area (Å²) in [5, 5.41) is 0.871. The number of nitrogens with zero attached hydrogens (tertiary/aromatic N) is 1. The van der Waals surface area contributed by atoms with Gasteiger partial charge >= 0.3 is 5.97 Å². The molecule has 0 unspecified atom stereocenters. The maximum Gasteiger partial charge on any atom is 0.341 e. The van der Waals surface area contributed by atoms with E-state index < -0.39 is 18.0 Å². The molecule has 5 nitrogen and oxygen atoms in total. The topological polar surface area (TPSA) is 82.3 Å². The maximum atomic E-state index is 12.7. The van der Waals surface area contributed by atoms with Crippen molar-refractivity contribution in [3.05, 3.63) is 77.0 Å². The number of aromatic nitrogens is 1. The van der Waals surface area contributed by atoms with Crippen molar-refractivity contribution in [2.45, 2.75) is 20.0 Å². The van der Waals surface area contributed by atoms with Gasteiger partial charge in [-0.05, 0) is 25.5 Å². The standard InChI is InChI=1S/C20H18N2O3/c1-12-15-10-6-7-11-16(15)22-13(2)17(12)20(24)25-18(19(21)23)14-8-4-3-5-9-14/h3-11,18H,1-2H3,(H2,21,23)/t18-/m0/s1. The van der Waals surface area contributed by atoms with Crippen molar-refractivity contribution in [1.82, 2.24) is 4.98 Å². The minimum absolute atomic E-state index is 0.362. The van der Waals surface area contributed by atoms with Gasteiger partial charge in [0.15, 0.2) is 0 Å². The summed E-state index contributed by atoms with van der Waals surface area (Å²) < 4.78 is 5.44. The van der Waals surface area contributed by atoms with Crippen molar-refractivity contribution in [2.24, 2.45) is 5.73 Å². The number of hydrogen-bond donors (Lipinski definition) is 1. The Morgan fingerprint density at radius 3 is 2.32 bits per heavy atom. The average molecular weight is 334 g/mol. The van der Waals surface area contributed by atoms with E-state index in [9.17, 15) is 9.59 Å². The van der Waals surface area contributed by atoms with Crippen molar-refractivity contribution in [3.63, 3.8) is 0 Å². The van der Waals surface area contributed by atoms with Crippen molar-refractivity contribution >= 4 is 22.8 Å². The first-order valence-corrected chi connectivity index (χ1v) is 7.90. The van der Waals surface area contributed by atoms with Crippen molar-refractivity contribution in [1.29, 1.82) is 0 Å². The van der Waals surface area contributed by atoms with Crippen LogP contribution in [0.15, 0.2) is 54.6 Å². The summed E-state index contributed by atoms with van der Waals surface area (Å²) in [6.45, 7) is 3.59. The van der Waals surface area contributed by atoms with Crippen molar-refractivity contribution in [2.75, 3.05) is 0 Å². The van der Waals surface area contributed by atoms with Gasteiger partial charge in [-0.2, -0.15) is 0 Å². The largest absolute Gasteiger partial charge is 0.444 e. The van der Waals surface area contributed by atoms with Gasteiger partial charge in [0.25, 0.3) is 5.91 Å². The number of rotatable bonds is 4. The normalized spacial score (nSPS) is 11.9. The molecule has 0 saturated carbocycles. The number of nitrogens with two attached hydrogens (primary N) is 1. The Labute approximate surface area is 145 Å². The summed E-state index contributed by atoms with van der Waals surface area (Å²) in [7, 11) is 0. The molecule has 0 radical (unpaired) electrons. The van der Waals surface area contributed by atoms with E-state index in [-0.39, 0.29) is 0 Å². The molecule has 0 aliphatic carbocycles. The number of amides is 1. The van der Waals surface area contributed by atoms with E-state index in [4.69, 9.17) is 10.5 Å². The van der Waals surface area contributed by atoms with Crippen LogP contribution in [0.5, 0.6) is 0 Å². The predicted octanol–water partition coefficient (Wildman–Crippen LogP) is 3.24. The van der Waals surface area contributed by atoms with Crippen LogP contribution in [-0.4, -0.2) is 16.9 Å². The lowest BCUT2D eigenvalue weighted by molar-refractivity contribution is -0.127. The van der Waals surface area contributed by atoms with Crippen LogP contribution in [0.3, 0.4) is 0 Å². The molecule has 1 amide bonds. The average Bonchev–Trinajstić information content (AvgIpc) is 2.60. The number of primary amides is 1. The van der Waals surface area contributed by atoms with Gasteiger partial charge in [0, 0.05) is 10.9 Å². The molecule has 0 saturated heterocycles. The van der Waals surface area contributed by atoms with Gasteiger partial charge in [0.2, 0.25) is 6.10 Å². The van der Waals surface area contributed by atoms with Crippen LogP contribution >= 0.6 is 0 Å². The maximum absolute atomic E-state index is 12.7. The molecule has 2 aromatic carbocycles. The molecular weight excluding hydrogens is 316 g/mol. The molecule has 25 heavy (non-hydrogen) atoms. The lowest BCUT2D eigenvalue weighted by atomic mass is 10.0. The Kier molecular flexibility index (Phi) is 4.48. The molecule has 0 bridgehead atoms. The molecule has 3 rings (SSSR count). The summed E-state index contributed by atoms with van der Waals surface area (Å²) in [5.74, 6) is -1.33. The van der Waals surface area contributed by atoms with Gasteiger partial charge in [-0.3, -0.25) is 9.78 Å². The number of fused-ring (bicyclic) bond motifs is 1. The van der Waals surface area contributed by atoms with Crippen LogP contribution in [-0.2, 0) is 9.53 Å². The predicted molar refractivity (Wildman–Crippen MR) is 95.0 cm³/mol. The number of pyridine rings is 1. The highest BCUT2D eigenvalue weighted by Gasteiger charge is 2.26. The number of benzene rings is 2. The molecule has 2 N–H and O–H groups in total. The third-order valence-electron chi connectivity index (χ3n) is 4.12. The van der Waals surface area contributed by atoms with Gasteiger partial charge in [0.05, 0.1) is 16.8 Å². The Morgan fingerprint density at radius 2 is 1.64 bits per heavy atom. The first kappa shape index (κ1) is 16.6. The summed E-state index contributed by atoms with van der Waals surface area (Å²) in [4.78, 5) is 29.0. The fraction of sp³-hybridized carbons (Fsp3) is 0.150. The Bertz CT molecular complexity index is 952. The van der Waals surface area contributed by atoms with E-state index in [0.717, 1.165) is 16.5 Å². The van der Waals surface area contributed by atoms with Crippen molar-refractivity contribution < 1.29 is 14.3 Å². The highest BCUT2D eigenvalue weighted by atomic mass is 16.5. The molecule has 1 atom stereocenters. The number of aryl methyl sites for hydroxylation is 2. The number of para-hydroxylation sites is 1. The molecule has 5 heteroatoms. The highest BCUT2D eigenvalue weighted by molar-refractivity contribution is 5.99. The summed E-state index contributed by atoms with van der Waals surface area (Å²) >= 11 is 0. The molecule has 126 valence electrons. The number of carbonyl (C=O) groups is 2. The van der Waals surface area contributed by atoms with E-state index in [2.05, 4.69) is 4.98 Å². The second kappa shape index (κ2) is 6.73. The molecule has 0 fully saturated rings. The molecule has 1 aromatic heterocycles. The van der Waals surface area contributed by atoms with E-state index in [1.807, 2.05) is 37.3 Å². The number of esters is 1. The zero-order valence-corrected chi connectivity index (χ0v) is 14.0. The Hall–Kier alpha value is -3.21. The minimum Gasteiger partial charge on any atom is -0.444 e. The third-order valence-corrected chi connectivity index (χ3v) is 4.12. The quantitative estimate of drug-likeness (QED) is 0.743. The minimum atomic E-state index is -1.14. The van der Waals surface area contributed by atoms with E-state index in [1.165, 1.54) is 0 Å². The highest BCUT2D eigenvalue weighted by Crippen LogP contribution is 2.25. The van der Waals surface area contributed by atoms with Crippen LogP contribution in [0.4, 0.5) is 0 Å². The number of ether oxygens (including phenoxy) is 1. The van der Waals surface area contributed by atoms with Gasteiger partial charge < -0.3 is 10.5 Å². The zero-order chi connectivity index (χ0) is 18.0. The second-order valence-electron chi connectivity index (χ2n) is 5.81. The fourth-order valence-electron chi connectivity index (χ4n) is 2.92. The van der Waals surface area contributed by atoms with Crippen LogP contribution in [0.2, 0.25) is 0 Å². The van der Waals surface area contributed by atoms with E-state index in [1.54, 1.807) is 31.2 Å². The van der Waals surface area contributed by atoms with Crippen LogP contribution in [0.25, 0.3) is 10.9 Å². The Balaban J connectivity index is 2.00. The monoisotopic (exact) mass is 334 g/mol. The lowest BCUT2D eigenvalue weighted by Crippen LogP contribution is -2.27. The fourth-order valence-corrected chi connectivity index (χ4v) is 2.92. The molecule has 0 aliphatic rings.